The van der Waals surface area contributed by atoms with Gasteiger partial charge < -0.3 is 9.32 Å². The van der Waals surface area contributed by atoms with Crippen LogP contribution in [0.5, 0.6) is 0 Å². The predicted octanol–water partition coefficient (Wildman–Crippen LogP) is 4.58. The lowest BCUT2D eigenvalue weighted by atomic mass is 10.1. The zero-order valence-electron chi connectivity index (χ0n) is 20.1. The molecule has 0 bridgehead atoms. The van der Waals surface area contributed by atoms with Crippen LogP contribution in [0, 0.1) is 13.8 Å². The number of carbonyl (C=O) groups is 1. The van der Waals surface area contributed by atoms with Crippen molar-refractivity contribution in [1.29, 1.82) is 0 Å². The van der Waals surface area contributed by atoms with Crippen LogP contribution in [0.15, 0.2) is 76.5 Å². The summed E-state index contributed by atoms with van der Waals surface area (Å²) in [5.41, 5.74) is 4.45. The second kappa shape index (κ2) is 10.5. The van der Waals surface area contributed by atoms with Gasteiger partial charge >= 0.3 is 0 Å². The molecule has 2 aromatic carbocycles. The maximum atomic E-state index is 13.0. The summed E-state index contributed by atoms with van der Waals surface area (Å²) < 4.78 is 7.49. The highest BCUT2D eigenvalue weighted by molar-refractivity contribution is 7.99. The monoisotopic (exact) mass is 487 g/mol. The van der Waals surface area contributed by atoms with Crippen molar-refractivity contribution >= 4 is 17.7 Å². The van der Waals surface area contributed by atoms with Crippen molar-refractivity contribution < 1.29 is 9.21 Å². The molecule has 1 amide bonds. The molecule has 0 atom stereocenters. The summed E-state index contributed by atoms with van der Waals surface area (Å²) in [6, 6.07) is 20.5. The number of hydrogen-bond donors (Lipinski definition) is 0. The van der Waals surface area contributed by atoms with Gasteiger partial charge in [-0.1, -0.05) is 59.8 Å². The largest absolute Gasteiger partial charge is 0.469 e. The van der Waals surface area contributed by atoms with E-state index in [1.807, 2.05) is 52.8 Å². The zero-order valence-corrected chi connectivity index (χ0v) is 20.9. The number of carbonyl (C=O) groups excluding carboxylic acids is 1. The first kappa shape index (κ1) is 23.4. The van der Waals surface area contributed by atoms with E-state index in [4.69, 9.17) is 4.42 Å². The molecule has 5 rings (SSSR count). The third-order valence-electron chi connectivity index (χ3n) is 6.29. The van der Waals surface area contributed by atoms with E-state index in [1.165, 1.54) is 22.9 Å². The smallest absolute Gasteiger partial charge is 0.233 e. The number of piperazine rings is 1. The SMILES string of the molecule is Cc1cccc(CN2CCN(C(=O)CSc3nnc(-c4ccoc4C)n3-c3ccccc3)CC2)c1. The lowest BCUT2D eigenvalue weighted by Gasteiger charge is -2.34. The van der Waals surface area contributed by atoms with Gasteiger partial charge in [0.15, 0.2) is 11.0 Å². The van der Waals surface area contributed by atoms with E-state index >= 15 is 0 Å². The molecule has 1 aliphatic rings. The minimum Gasteiger partial charge on any atom is -0.469 e. The summed E-state index contributed by atoms with van der Waals surface area (Å²) >= 11 is 1.43. The number of thioether (sulfide) groups is 1. The van der Waals surface area contributed by atoms with Crippen LogP contribution in [0.1, 0.15) is 16.9 Å². The number of nitrogens with zero attached hydrogens (tertiary/aromatic N) is 5. The Morgan fingerprint density at radius 3 is 2.49 bits per heavy atom. The molecule has 8 heteroatoms. The van der Waals surface area contributed by atoms with Crippen LogP contribution < -0.4 is 0 Å². The summed E-state index contributed by atoms with van der Waals surface area (Å²) in [5.74, 6) is 1.95. The van der Waals surface area contributed by atoms with Crippen LogP contribution in [-0.4, -0.2) is 62.4 Å². The number of benzene rings is 2. The van der Waals surface area contributed by atoms with E-state index in [2.05, 4.69) is 46.3 Å². The van der Waals surface area contributed by atoms with Gasteiger partial charge in [0.2, 0.25) is 5.91 Å². The van der Waals surface area contributed by atoms with Crippen molar-refractivity contribution in [2.24, 2.45) is 0 Å². The normalized spacial score (nSPS) is 14.4. The van der Waals surface area contributed by atoms with E-state index in [1.54, 1.807) is 6.26 Å². The van der Waals surface area contributed by atoms with Gasteiger partial charge in [0.1, 0.15) is 5.76 Å². The first-order valence-corrected chi connectivity index (χ1v) is 12.8. The van der Waals surface area contributed by atoms with E-state index in [0.717, 1.165) is 49.7 Å². The van der Waals surface area contributed by atoms with Gasteiger partial charge in [-0.3, -0.25) is 14.3 Å². The zero-order chi connectivity index (χ0) is 24.2. The van der Waals surface area contributed by atoms with Crippen LogP contribution in [0.2, 0.25) is 0 Å². The molecule has 0 aliphatic carbocycles. The van der Waals surface area contributed by atoms with Crippen LogP contribution in [0.3, 0.4) is 0 Å². The molecule has 0 saturated carbocycles. The molecule has 2 aromatic heterocycles. The Labute approximate surface area is 209 Å². The number of para-hydroxylation sites is 1. The Morgan fingerprint density at radius 1 is 0.971 bits per heavy atom. The highest BCUT2D eigenvalue weighted by atomic mass is 32.2. The van der Waals surface area contributed by atoms with Gasteiger partial charge in [-0.05, 0) is 37.6 Å². The lowest BCUT2D eigenvalue weighted by Crippen LogP contribution is -2.48. The van der Waals surface area contributed by atoms with Crippen molar-refractivity contribution in [1.82, 2.24) is 24.6 Å². The Hall–Kier alpha value is -3.36. The van der Waals surface area contributed by atoms with Crippen molar-refractivity contribution in [3.63, 3.8) is 0 Å². The van der Waals surface area contributed by atoms with Gasteiger partial charge in [0.25, 0.3) is 0 Å². The molecule has 1 fully saturated rings. The third kappa shape index (κ3) is 5.33. The molecule has 0 spiro atoms. The molecular weight excluding hydrogens is 458 g/mol. The first-order chi connectivity index (χ1) is 17.1. The molecule has 4 aromatic rings. The summed E-state index contributed by atoms with van der Waals surface area (Å²) in [5, 5.41) is 9.56. The number of rotatable bonds is 7. The van der Waals surface area contributed by atoms with E-state index < -0.39 is 0 Å². The third-order valence-corrected chi connectivity index (χ3v) is 7.20. The fourth-order valence-corrected chi connectivity index (χ4v) is 5.26. The van der Waals surface area contributed by atoms with Crippen LogP contribution >= 0.6 is 11.8 Å². The Bertz CT molecular complexity index is 1290. The molecule has 1 aliphatic heterocycles. The van der Waals surface area contributed by atoms with E-state index in [9.17, 15) is 4.79 Å². The van der Waals surface area contributed by atoms with E-state index in [-0.39, 0.29) is 5.91 Å². The maximum absolute atomic E-state index is 13.0. The number of aromatic nitrogens is 3. The average Bonchev–Trinajstić information content (AvgIpc) is 3.49. The highest BCUT2D eigenvalue weighted by Gasteiger charge is 2.23. The minimum absolute atomic E-state index is 0.133. The van der Waals surface area contributed by atoms with Crippen molar-refractivity contribution in [2.75, 3.05) is 31.9 Å². The minimum atomic E-state index is 0.133. The summed E-state index contributed by atoms with van der Waals surface area (Å²) in [4.78, 5) is 17.4. The van der Waals surface area contributed by atoms with Gasteiger partial charge in [0, 0.05) is 38.4 Å². The van der Waals surface area contributed by atoms with Gasteiger partial charge in [-0.25, -0.2) is 0 Å². The molecule has 3 heterocycles. The first-order valence-electron chi connectivity index (χ1n) is 11.8. The average molecular weight is 488 g/mol. The Kier molecular flexibility index (Phi) is 7.01. The number of hydrogen-bond acceptors (Lipinski definition) is 6. The molecule has 1 saturated heterocycles. The fraction of sp³-hybridized carbons (Fsp3) is 0.296. The van der Waals surface area contributed by atoms with Gasteiger partial charge in [-0.15, -0.1) is 10.2 Å². The second-order valence-corrected chi connectivity index (χ2v) is 9.74. The standard InChI is InChI=1S/C27H29N5O2S/c1-20-7-6-8-22(17-20)18-30-12-14-31(15-13-30)25(33)19-35-27-29-28-26(24-11-16-34-21(24)2)32(27)23-9-4-3-5-10-23/h3-11,16-17H,12-15,18-19H2,1-2H3. The van der Waals surface area contributed by atoms with E-state index in [0.29, 0.717) is 16.7 Å². The highest BCUT2D eigenvalue weighted by Crippen LogP contribution is 2.30. The summed E-state index contributed by atoms with van der Waals surface area (Å²) in [6.07, 6.45) is 1.66. The molecular formula is C27H29N5O2S. The molecule has 35 heavy (non-hydrogen) atoms. The van der Waals surface area contributed by atoms with Crippen LogP contribution in [-0.2, 0) is 11.3 Å². The summed E-state index contributed by atoms with van der Waals surface area (Å²) in [6.45, 7) is 8.22. The number of aryl methyl sites for hydroxylation is 2. The van der Waals surface area contributed by atoms with Gasteiger partial charge in [0.05, 0.1) is 17.6 Å². The van der Waals surface area contributed by atoms with Crippen molar-refractivity contribution in [3.8, 4) is 17.1 Å². The Morgan fingerprint density at radius 2 is 1.77 bits per heavy atom. The molecule has 180 valence electrons. The molecule has 0 N–H and O–H groups in total. The Balaban J connectivity index is 1.23. The fourth-order valence-electron chi connectivity index (χ4n) is 4.41. The van der Waals surface area contributed by atoms with Crippen molar-refractivity contribution in [2.45, 2.75) is 25.5 Å². The van der Waals surface area contributed by atoms with Crippen LogP contribution in [0.4, 0.5) is 0 Å². The van der Waals surface area contributed by atoms with Crippen LogP contribution in [0.25, 0.3) is 17.1 Å². The molecule has 0 unspecified atom stereocenters. The quantitative estimate of drug-likeness (QED) is 0.356. The lowest BCUT2D eigenvalue weighted by molar-refractivity contribution is -0.130. The second-order valence-electron chi connectivity index (χ2n) is 8.80. The van der Waals surface area contributed by atoms with Gasteiger partial charge in [-0.2, -0.15) is 0 Å². The molecule has 0 radical (unpaired) electrons. The summed E-state index contributed by atoms with van der Waals surface area (Å²) in [7, 11) is 0. The number of amides is 1. The topological polar surface area (TPSA) is 67.4 Å². The molecule has 7 nitrogen and oxygen atoms in total. The predicted molar refractivity (Wildman–Crippen MR) is 138 cm³/mol. The maximum Gasteiger partial charge on any atom is 0.233 e. The van der Waals surface area contributed by atoms with Crippen molar-refractivity contribution in [3.05, 3.63) is 83.8 Å². The number of furan rings is 1.